The van der Waals surface area contributed by atoms with Crippen LogP contribution in [0.4, 0.5) is 4.39 Å². The van der Waals surface area contributed by atoms with E-state index in [9.17, 15) is 9.18 Å². The maximum atomic E-state index is 12.4. The lowest BCUT2D eigenvalue weighted by molar-refractivity contribution is -0.140. The number of amides is 1. The Kier molecular flexibility index (Phi) is 3.25. The molecule has 1 aliphatic heterocycles. The molecule has 2 atom stereocenters. The summed E-state index contributed by atoms with van der Waals surface area (Å²) in [6, 6.07) is -0.461. The normalized spacial score (nSPS) is 22.3. The molecule has 4 heteroatoms. The highest BCUT2D eigenvalue weighted by molar-refractivity contribution is 5.82. The molecule has 0 aromatic carbocycles. The maximum absolute atomic E-state index is 12.4. The molecule has 0 spiro atoms. The van der Waals surface area contributed by atoms with Gasteiger partial charge in [0.1, 0.15) is 6.17 Å². The lowest BCUT2D eigenvalue weighted by atomic mass is 9.97. The maximum Gasteiger partial charge on any atom is 0.239 e. The van der Waals surface area contributed by atoms with E-state index < -0.39 is 12.2 Å². The van der Waals surface area contributed by atoms with Crippen LogP contribution in [0.15, 0.2) is 0 Å². The molecular formula is C9H17FN2O. The highest BCUT2D eigenvalue weighted by atomic mass is 19.1. The van der Waals surface area contributed by atoms with E-state index in [2.05, 4.69) is 0 Å². The third kappa shape index (κ3) is 2.18. The molecule has 1 amide bonds. The molecule has 0 radical (unpaired) electrons. The monoisotopic (exact) mass is 188 g/mol. The Morgan fingerprint density at radius 2 is 2.23 bits per heavy atom. The molecule has 1 heterocycles. The molecule has 1 fully saturated rings. The Balaban J connectivity index is 2.39. The second-order valence-electron chi connectivity index (χ2n) is 3.75. The van der Waals surface area contributed by atoms with Gasteiger partial charge in [-0.3, -0.25) is 4.79 Å². The zero-order valence-corrected chi connectivity index (χ0v) is 8.16. The van der Waals surface area contributed by atoms with E-state index in [0.717, 1.165) is 6.42 Å². The van der Waals surface area contributed by atoms with Gasteiger partial charge in [0.25, 0.3) is 0 Å². The molecule has 3 nitrogen and oxygen atoms in total. The lowest BCUT2D eigenvalue weighted by Gasteiger charge is -2.37. The first-order chi connectivity index (χ1) is 6.06. The van der Waals surface area contributed by atoms with Crippen LogP contribution in [0.3, 0.4) is 0 Å². The van der Waals surface area contributed by atoms with Gasteiger partial charge in [0.05, 0.1) is 19.1 Å². The lowest BCUT2D eigenvalue weighted by Crippen LogP contribution is -2.57. The van der Waals surface area contributed by atoms with Crippen molar-refractivity contribution >= 4 is 5.91 Å². The van der Waals surface area contributed by atoms with Crippen molar-refractivity contribution in [2.24, 2.45) is 11.7 Å². The van der Waals surface area contributed by atoms with E-state index in [4.69, 9.17) is 5.73 Å². The molecule has 13 heavy (non-hydrogen) atoms. The van der Waals surface area contributed by atoms with Crippen molar-refractivity contribution < 1.29 is 9.18 Å². The van der Waals surface area contributed by atoms with Gasteiger partial charge in [0.15, 0.2) is 0 Å². The largest absolute Gasteiger partial charge is 0.335 e. The number of halogens is 1. The van der Waals surface area contributed by atoms with Crippen LogP contribution in [0.1, 0.15) is 20.3 Å². The number of nitrogens with two attached hydrogens (primary N) is 1. The predicted octanol–water partition coefficient (Wildman–Crippen LogP) is 0.540. The number of alkyl halides is 1. The molecule has 0 bridgehead atoms. The predicted molar refractivity (Wildman–Crippen MR) is 48.9 cm³/mol. The molecule has 2 N–H and O–H groups in total. The van der Waals surface area contributed by atoms with Gasteiger partial charge in [-0.15, -0.1) is 0 Å². The molecule has 1 rings (SSSR count). The fourth-order valence-electron chi connectivity index (χ4n) is 1.31. The summed E-state index contributed by atoms with van der Waals surface area (Å²) in [7, 11) is 0. The van der Waals surface area contributed by atoms with Crippen LogP contribution < -0.4 is 5.73 Å². The zero-order chi connectivity index (χ0) is 10.0. The highest BCUT2D eigenvalue weighted by Gasteiger charge is 2.34. The Hall–Kier alpha value is -0.640. The van der Waals surface area contributed by atoms with Crippen LogP contribution in [0.2, 0.25) is 0 Å². The summed E-state index contributed by atoms with van der Waals surface area (Å²) in [5, 5.41) is 0. The van der Waals surface area contributed by atoms with Gasteiger partial charge < -0.3 is 10.6 Å². The minimum atomic E-state index is -0.840. The Morgan fingerprint density at radius 1 is 1.69 bits per heavy atom. The number of carbonyl (C=O) groups is 1. The molecule has 0 aromatic heterocycles. The van der Waals surface area contributed by atoms with E-state index in [1.54, 1.807) is 0 Å². The average Bonchev–Trinajstić information content (AvgIpc) is 2.09. The summed E-state index contributed by atoms with van der Waals surface area (Å²) in [6.07, 6.45) is 0.0351. The first kappa shape index (κ1) is 10.4. The van der Waals surface area contributed by atoms with Gasteiger partial charge in [-0.25, -0.2) is 4.39 Å². The second kappa shape index (κ2) is 4.05. The van der Waals surface area contributed by atoms with Crippen molar-refractivity contribution in [1.82, 2.24) is 4.90 Å². The molecule has 0 saturated carbocycles. The van der Waals surface area contributed by atoms with Crippen molar-refractivity contribution in [3.63, 3.8) is 0 Å². The van der Waals surface area contributed by atoms with E-state index in [1.807, 2.05) is 13.8 Å². The number of likely N-dealkylation sites (tertiary alicyclic amines) is 1. The first-order valence-corrected chi connectivity index (χ1v) is 4.74. The van der Waals surface area contributed by atoms with Crippen LogP contribution in [0.25, 0.3) is 0 Å². The highest BCUT2D eigenvalue weighted by Crippen LogP contribution is 2.15. The minimum Gasteiger partial charge on any atom is -0.335 e. The summed E-state index contributed by atoms with van der Waals surface area (Å²) in [5.41, 5.74) is 5.71. The van der Waals surface area contributed by atoms with Gasteiger partial charge >= 0.3 is 0 Å². The van der Waals surface area contributed by atoms with E-state index in [1.165, 1.54) is 4.90 Å². The van der Waals surface area contributed by atoms with Crippen LogP contribution in [-0.4, -0.2) is 36.1 Å². The van der Waals surface area contributed by atoms with Crippen molar-refractivity contribution in [1.29, 1.82) is 0 Å². The molecule has 0 aliphatic carbocycles. The summed E-state index contributed by atoms with van der Waals surface area (Å²) in [5.74, 6) is 0.0643. The summed E-state index contributed by atoms with van der Waals surface area (Å²) >= 11 is 0. The Morgan fingerprint density at radius 3 is 2.62 bits per heavy atom. The second-order valence-corrected chi connectivity index (χ2v) is 3.75. The number of carbonyl (C=O) groups excluding carboxylic acids is 1. The molecule has 0 unspecified atom stereocenters. The molecule has 0 aromatic rings. The van der Waals surface area contributed by atoms with Crippen molar-refractivity contribution in [2.75, 3.05) is 13.1 Å². The van der Waals surface area contributed by atoms with Crippen LogP contribution >= 0.6 is 0 Å². The summed E-state index contributed by atoms with van der Waals surface area (Å²) in [4.78, 5) is 13.0. The van der Waals surface area contributed by atoms with Gasteiger partial charge in [-0.1, -0.05) is 20.3 Å². The van der Waals surface area contributed by atoms with E-state index in [-0.39, 0.29) is 24.9 Å². The third-order valence-corrected chi connectivity index (χ3v) is 2.69. The molecule has 76 valence electrons. The number of hydrogen-bond acceptors (Lipinski definition) is 2. The number of rotatable bonds is 3. The third-order valence-electron chi connectivity index (χ3n) is 2.69. The molecule has 1 aliphatic rings. The minimum absolute atomic E-state index is 0.108. The Labute approximate surface area is 78.1 Å². The standard InChI is InChI=1S/C9H17FN2O/c1-3-6(2)8(11)9(13)12-4-7(10)5-12/h6-8H,3-5,11H2,1-2H3/t6-,8-/m0/s1. The fraction of sp³-hybridized carbons (Fsp3) is 0.889. The SMILES string of the molecule is CC[C@H](C)[C@H](N)C(=O)N1CC(F)C1. The smallest absolute Gasteiger partial charge is 0.239 e. The van der Waals surface area contributed by atoms with Crippen LogP contribution in [-0.2, 0) is 4.79 Å². The quantitative estimate of drug-likeness (QED) is 0.702. The number of hydrogen-bond donors (Lipinski definition) is 1. The van der Waals surface area contributed by atoms with Crippen LogP contribution in [0, 0.1) is 5.92 Å². The fourth-order valence-corrected chi connectivity index (χ4v) is 1.31. The van der Waals surface area contributed by atoms with Crippen LogP contribution in [0.5, 0.6) is 0 Å². The Bertz CT molecular complexity index is 192. The van der Waals surface area contributed by atoms with Gasteiger partial charge in [0.2, 0.25) is 5.91 Å². The van der Waals surface area contributed by atoms with Crippen molar-refractivity contribution in [3.05, 3.63) is 0 Å². The first-order valence-electron chi connectivity index (χ1n) is 4.74. The van der Waals surface area contributed by atoms with Gasteiger partial charge in [0, 0.05) is 0 Å². The van der Waals surface area contributed by atoms with Gasteiger partial charge in [-0.2, -0.15) is 0 Å². The van der Waals surface area contributed by atoms with E-state index in [0.29, 0.717) is 0 Å². The average molecular weight is 188 g/mol. The van der Waals surface area contributed by atoms with Gasteiger partial charge in [-0.05, 0) is 5.92 Å². The zero-order valence-electron chi connectivity index (χ0n) is 8.16. The summed E-state index contributed by atoms with van der Waals surface area (Å²) < 4.78 is 12.4. The van der Waals surface area contributed by atoms with E-state index >= 15 is 0 Å². The topological polar surface area (TPSA) is 46.3 Å². The summed E-state index contributed by atoms with van der Waals surface area (Å²) in [6.45, 7) is 4.38. The molecular weight excluding hydrogens is 171 g/mol. The van der Waals surface area contributed by atoms with Crippen molar-refractivity contribution in [2.45, 2.75) is 32.5 Å². The van der Waals surface area contributed by atoms with Crippen molar-refractivity contribution in [3.8, 4) is 0 Å². The number of nitrogens with zero attached hydrogens (tertiary/aromatic N) is 1. The molecule has 1 saturated heterocycles.